The summed E-state index contributed by atoms with van der Waals surface area (Å²) in [5, 5.41) is 0. The van der Waals surface area contributed by atoms with Crippen molar-refractivity contribution in [2.45, 2.75) is 6.92 Å². The van der Waals surface area contributed by atoms with E-state index in [1.165, 1.54) is 19.6 Å². The van der Waals surface area contributed by atoms with Crippen LogP contribution in [0.2, 0.25) is 0 Å². The molecule has 0 bridgehead atoms. The van der Waals surface area contributed by atoms with Gasteiger partial charge in [0.1, 0.15) is 0 Å². The quantitative estimate of drug-likeness (QED) is 0.648. The molecule has 0 amide bonds. The van der Waals surface area contributed by atoms with Crippen LogP contribution in [0.3, 0.4) is 0 Å². The van der Waals surface area contributed by atoms with E-state index in [1.807, 2.05) is 0 Å². The maximum atomic E-state index is 3.87. The van der Waals surface area contributed by atoms with Crippen molar-refractivity contribution in [2.24, 2.45) is 0 Å². The molecule has 0 saturated carbocycles. The van der Waals surface area contributed by atoms with Crippen LogP contribution in [0.4, 0.5) is 0 Å². The Kier molecular flexibility index (Phi) is 5.61. The number of hydrogen-bond donors (Lipinski definition) is 0. The van der Waals surface area contributed by atoms with Gasteiger partial charge in [0.25, 0.3) is 0 Å². The van der Waals surface area contributed by atoms with E-state index in [9.17, 15) is 0 Å². The van der Waals surface area contributed by atoms with E-state index in [2.05, 4.69) is 23.8 Å². The summed E-state index contributed by atoms with van der Waals surface area (Å²) < 4.78 is 0. The average Bonchev–Trinajstić information content (AvgIpc) is 1.90. The van der Waals surface area contributed by atoms with Crippen molar-refractivity contribution >= 4 is 0 Å². The smallest absolute Gasteiger partial charge is 0.00856 e. The summed E-state index contributed by atoms with van der Waals surface area (Å²) in [7, 11) is 3.87. The predicted octanol–water partition coefficient (Wildman–Crippen LogP) is 0.413. The van der Waals surface area contributed by atoms with Crippen LogP contribution < -0.4 is 0 Å². The second-order valence-corrected chi connectivity index (χ2v) is 2.55. The van der Waals surface area contributed by atoms with Crippen molar-refractivity contribution in [2.75, 3.05) is 32.7 Å². The molecule has 0 aromatic rings. The molecule has 1 heterocycles. The molecule has 1 rings (SSSR count). The number of likely N-dealkylation sites (N-methyl/N-ethyl adjacent to an activating group) is 1. The number of rotatable bonds is 1. The zero-order valence-electron chi connectivity index (χ0n) is 6.55. The van der Waals surface area contributed by atoms with Crippen LogP contribution in [-0.4, -0.2) is 42.5 Å². The first-order chi connectivity index (χ1) is 4.33. The van der Waals surface area contributed by atoms with Crippen molar-refractivity contribution in [3.8, 4) is 0 Å². The Bertz CT molecular complexity index is 79.7. The predicted molar refractivity (Wildman–Crippen MR) is 39.0 cm³/mol. The van der Waals surface area contributed by atoms with Gasteiger partial charge in [-0.1, -0.05) is 6.92 Å². The van der Waals surface area contributed by atoms with E-state index >= 15 is 0 Å². The Morgan fingerprint density at radius 3 is 2.10 bits per heavy atom. The van der Waals surface area contributed by atoms with Gasteiger partial charge < -0.3 is 9.80 Å². The van der Waals surface area contributed by atoms with Crippen molar-refractivity contribution < 1.29 is 21.1 Å². The Morgan fingerprint density at radius 2 is 1.70 bits per heavy atom. The standard InChI is InChI=1S/C7H15N2.W/c1-3-9-6-4-8(2)5-7-9;/h2-7H2,1H3;/q-1;. The summed E-state index contributed by atoms with van der Waals surface area (Å²) in [6.07, 6.45) is 0. The van der Waals surface area contributed by atoms with Gasteiger partial charge in [-0.25, -0.2) is 0 Å². The maximum absolute atomic E-state index is 3.87. The third kappa shape index (κ3) is 3.13. The summed E-state index contributed by atoms with van der Waals surface area (Å²) in [4.78, 5) is 4.58. The monoisotopic (exact) mass is 311 g/mol. The normalized spacial score (nSPS) is 22.2. The molecule has 0 unspecified atom stereocenters. The first kappa shape index (κ1) is 10.6. The van der Waals surface area contributed by atoms with Crippen LogP contribution in [0, 0.1) is 7.05 Å². The molecule has 60 valence electrons. The fourth-order valence-electron chi connectivity index (χ4n) is 1.11. The summed E-state index contributed by atoms with van der Waals surface area (Å²) >= 11 is 0. The second-order valence-electron chi connectivity index (χ2n) is 2.55. The van der Waals surface area contributed by atoms with Crippen LogP contribution in [0.15, 0.2) is 0 Å². The third-order valence-corrected chi connectivity index (χ3v) is 1.91. The molecule has 2 nitrogen and oxygen atoms in total. The molecule has 1 aliphatic rings. The van der Waals surface area contributed by atoms with Gasteiger partial charge in [0.05, 0.1) is 0 Å². The number of piperazine rings is 1. The Morgan fingerprint density at radius 1 is 1.20 bits per heavy atom. The minimum Gasteiger partial charge on any atom is -0.457 e. The molecule has 0 aliphatic carbocycles. The van der Waals surface area contributed by atoms with Crippen molar-refractivity contribution in [3.63, 3.8) is 0 Å². The molecule has 0 spiro atoms. The fraction of sp³-hybridized carbons (Fsp3) is 0.857. The molecule has 0 radical (unpaired) electrons. The van der Waals surface area contributed by atoms with Crippen LogP contribution >= 0.6 is 0 Å². The summed E-state index contributed by atoms with van der Waals surface area (Å²) in [5.41, 5.74) is 0. The summed E-state index contributed by atoms with van der Waals surface area (Å²) in [5.74, 6) is 0. The Hall–Kier alpha value is 0.608. The zero-order chi connectivity index (χ0) is 6.69. The molecule has 0 aromatic carbocycles. The average molecular weight is 311 g/mol. The van der Waals surface area contributed by atoms with Crippen LogP contribution in [0.25, 0.3) is 0 Å². The van der Waals surface area contributed by atoms with Gasteiger partial charge in [-0.3, -0.25) is 7.05 Å². The van der Waals surface area contributed by atoms with Crippen molar-refractivity contribution in [1.29, 1.82) is 0 Å². The maximum Gasteiger partial charge on any atom is 0.00856 e. The second kappa shape index (κ2) is 5.28. The molecule has 0 aromatic heterocycles. The van der Waals surface area contributed by atoms with Gasteiger partial charge >= 0.3 is 0 Å². The Balaban J connectivity index is 0.000000810. The number of nitrogens with zero attached hydrogens (tertiary/aromatic N) is 2. The topological polar surface area (TPSA) is 6.48 Å². The molecule has 0 N–H and O–H groups in total. The molecule has 3 heteroatoms. The van der Waals surface area contributed by atoms with Gasteiger partial charge in [-0.2, -0.15) is 0 Å². The van der Waals surface area contributed by atoms with Crippen molar-refractivity contribution in [3.05, 3.63) is 7.05 Å². The fourth-order valence-corrected chi connectivity index (χ4v) is 1.11. The third-order valence-electron chi connectivity index (χ3n) is 1.91. The van der Waals surface area contributed by atoms with Crippen LogP contribution in [-0.2, 0) is 21.1 Å². The molecule has 1 aliphatic heterocycles. The number of hydrogen-bond acceptors (Lipinski definition) is 2. The van der Waals surface area contributed by atoms with Crippen LogP contribution in [0.1, 0.15) is 6.92 Å². The van der Waals surface area contributed by atoms with E-state index in [4.69, 9.17) is 0 Å². The van der Waals surface area contributed by atoms with E-state index in [0.29, 0.717) is 0 Å². The minimum atomic E-state index is 0. The van der Waals surface area contributed by atoms with E-state index in [1.54, 1.807) is 0 Å². The molecular formula is C7H15N2W-. The van der Waals surface area contributed by atoms with Gasteiger partial charge in [0, 0.05) is 34.2 Å². The zero-order valence-corrected chi connectivity index (χ0v) is 9.48. The SMILES string of the molecule is [CH2-]N1CCN(CC)CC1.[W]. The molecule has 0 atom stereocenters. The van der Waals surface area contributed by atoms with E-state index in [0.717, 1.165) is 13.1 Å². The van der Waals surface area contributed by atoms with E-state index in [-0.39, 0.29) is 21.1 Å². The largest absolute Gasteiger partial charge is 0.457 e. The summed E-state index contributed by atoms with van der Waals surface area (Å²) in [6, 6.07) is 0. The minimum absolute atomic E-state index is 0. The van der Waals surface area contributed by atoms with Gasteiger partial charge in [0.15, 0.2) is 0 Å². The molecular weight excluding hydrogens is 296 g/mol. The molecule has 1 fully saturated rings. The van der Waals surface area contributed by atoms with Crippen molar-refractivity contribution in [1.82, 2.24) is 9.80 Å². The van der Waals surface area contributed by atoms with Crippen LogP contribution in [0.5, 0.6) is 0 Å². The first-order valence-electron chi connectivity index (χ1n) is 3.60. The Labute approximate surface area is 77.8 Å². The van der Waals surface area contributed by atoms with Gasteiger partial charge in [-0.15, -0.1) is 0 Å². The van der Waals surface area contributed by atoms with Gasteiger partial charge in [-0.05, 0) is 19.6 Å². The summed E-state index contributed by atoms with van der Waals surface area (Å²) in [6.45, 7) is 8.05. The molecule has 10 heavy (non-hydrogen) atoms. The van der Waals surface area contributed by atoms with E-state index < -0.39 is 0 Å². The van der Waals surface area contributed by atoms with Gasteiger partial charge in [0.2, 0.25) is 0 Å². The first-order valence-corrected chi connectivity index (χ1v) is 3.60. The molecule has 1 saturated heterocycles.